The van der Waals surface area contributed by atoms with Gasteiger partial charge in [-0.1, -0.05) is 23.8 Å². The van der Waals surface area contributed by atoms with Crippen molar-refractivity contribution in [3.05, 3.63) is 65.3 Å². The molecule has 0 bridgehead atoms. The molecule has 1 aliphatic rings. The van der Waals surface area contributed by atoms with Crippen LogP contribution in [0, 0.1) is 5.82 Å². The second-order valence-electron chi connectivity index (χ2n) is 6.36. The van der Waals surface area contributed by atoms with Crippen molar-refractivity contribution in [2.75, 3.05) is 11.9 Å². The fourth-order valence-corrected chi connectivity index (χ4v) is 2.91. The molecule has 26 heavy (non-hydrogen) atoms. The van der Waals surface area contributed by atoms with E-state index < -0.39 is 0 Å². The number of amides is 1. The molecular weight excluding hydrogens is 331 g/mol. The SMILES string of the molecule is O=C(NCCC1=CCCCC1)c1ccnc(NCc2ccc(F)cc2)n1. The van der Waals surface area contributed by atoms with Gasteiger partial charge in [-0.15, -0.1) is 0 Å². The third-order valence-corrected chi connectivity index (χ3v) is 4.37. The van der Waals surface area contributed by atoms with Crippen LogP contribution in [0.2, 0.25) is 0 Å². The lowest BCUT2D eigenvalue weighted by molar-refractivity contribution is 0.0949. The van der Waals surface area contributed by atoms with Crippen molar-refractivity contribution >= 4 is 11.9 Å². The monoisotopic (exact) mass is 354 g/mol. The van der Waals surface area contributed by atoms with Crippen molar-refractivity contribution in [1.29, 1.82) is 0 Å². The summed E-state index contributed by atoms with van der Waals surface area (Å²) in [4.78, 5) is 20.6. The number of rotatable bonds is 7. The molecule has 5 nitrogen and oxygen atoms in total. The minimum atomic E-state index is -0.271. The predicted octanol–water partition coefficient (Wildman–Crippen LogP) is 3.85. The van der Waals surface area contributed by atoms with Gasteiger partial charge in [-0.3, -0.25) is 4.79 Å². The van der Waals surface area contributed by atoms with E-state index >= 15 is 0 Å². The van der Waals surface area contributed by atoms with Crippen LogP contribution in [0.3, 0.4) is 0 Å². The van der Waals surface area contributed by atoms with Crippen molar-refractivity contribution in [1.82, 2.24) is 15.3 Å². The standard InChI is InChI=1S/C20H23FN4O/c21-17-8-6-16(7-9-17)14-24-20-23-13-11-18(25-20)19(26)22-12-10-15-4-2-1-3-5-15/h4,6-9,11,13H,1-3,5,10,12,14H2,(H,22,26)(H,23,24,25). The Labute approximate surface area is 152 Å². The van der Waals surface area contributed by atoms with E-state index in [1.165, 1.54) is 30.5 Å². The summed E-state index contributed by atoms with van der Waals surface area (Å²) in [6.07, 6.45) is 9.54. The number of allylic oxidation sites excluding steroid dienone is 1. The Balaban J connectivity index is 1.50. The quantitative estimate of drug-likeness (QED) is 0.741. The molecule has 0 aliphatic heterocycles. The van der Waals surface area contributed by atoms with E-state index in [0.717, 1.165) is 24.8 Å². The minimum absolute atomic E-state index is 0.200. The largest absolute Gasteiger partial charge is 0.350 e. The van der Waals surface area contributed by atoms with E-state index in [1.807, 2.05) is 0 Å². The van der Waals surface area contributed by atoms with Gasteiger partial charge in [0.1, 0.15) is 11.5 Å². The molecule has 0 saturated carbocycles. The summed E-state index contributed by atoms with van der Waals surface area (Å²) in [7, 11) is 0. The molecule has 0 saturated heterocycles. The Bertz CT molecular complexity index is 774. The third kappa shape index (κ3) is 5.37. The van der Waals surface area contributed by atoms with Crippen molar-refractivity contribution in [2.24, 2.45) is 0 Å². The van der Waals surface area contributed by atoms with Gasteiger partial charge < -0.3 is 10.6 Å². The lowest BCUT2D eigenvalue weighted by Gasteiger charge is -2.13. The average Bonchev–Trinajstić information content (AvgIpc) is 2.68. The lowest BCUT2D eigenvalue weighted by atomic mass is 9.97. The van der Waals surface area contributed by atoms with Gasteiger partial charge in [-0.2, -0.15) is 0 Å². The molecule has 2 N–H and O–H groups in total. The number of anilines is 1. The number of nitrogens with one attached hydrogen (secondary N) is 2. The number of aromatic nitrogens is 2. The van der Waals surface area contributed by atoms with Crippen LogP contribution in [0.15, 0.2) is 48.2 Å². The zero-order valence-corrected chi connectivity index (χ0v) is 14.7. The summed E-state index contributed by atoms with van der Waals surface area (Å²) in [6, 6.07) is 7.79. The zero-order valence-electron chi connectivity index (χ0n) is 14.7. The van der Waals surface area contributed by atoms with Crippen LogP contribution in [-0.4, -0.2) is 22.4 Å². The van der Waals surface area contributed by atoms with Crippen LogP contribution >= 0.6 is 0 Å². The Kier molecular flexibility index (Phi) is 6.30. The summed E-state index contributed by atoms with van der Waals surface area (Å²) >= 11 is 0. The van der Waals surface area contributed by atoms with Gasteiger partial charge in [0.2, 0.25) is 5.95 Å². The lowest BCUT2D eigenvalue weighted by Crippen LogP contribution is -2.26. The molecule has 6 heteroatoms. The minimum Gasteiger partial charge on any atom is -0.350 e. The van der Waals surface area contributed by atoms with Crippen LogP contribution in [0.1, 0.15) is 48.2 Å². The number of carbonyl (C=O) groups is 1. The topological polar surface area (TPSA) is 66.9 Å². The summed E-state index contributed by atoms with van der Waals surface area (Å²) in [6.45, 7) is 1.08. The van der Waals surface area contributed by atoms with Crippen LogP contribution in [0.25, 0.3) is 0 Å². The van der Waals surface area contributed by atoms with Gasteiger partial charge >= 0.3 is 0 Å². The maximum Gasteiger partial charge on any atom is 0.270 e. The van der Waals surface area contributed by atoms with E-state index in [9.17, 15) is 9.18 Å². The van der Waals surface area contributed by atoms with E-state index in [1.54, 1.807) is 24.4 Å². The Hall–Kier alpha value is -2.76. The molecule has 0 atom stereocenters. The highest BCUT2D eigenvalue weighted by molar-refractivity contribution is 5.92. The highest BCUT2D eigenvalue weighted by Gasteiger charge is 2.09. The fraction of sp³-hybridized carbons (Fsp3) is 0.350. The molecule has 0 unspecified atom stereocenters. The third-order valence-electron chi connectivity index (χ3n) is 4.37. The molecule has 2 aromatic rings. The molecule has 0 fully saturated rings. The first kappa shape index (κ1) is 18.0. The molecule has 1 amide bonds. The molecule has 0 spiro atoms. The van der Waals surface area contributed by atoms with Crippen molar-refractivity contribution in [3.63, 3.8) is 0 Å². The highest BCUT2D eigenvalue weighted by Crippen LogP contribution is 2.19. The fourth-order valence-electron chi connectivity index (χ4n) is 2.91. The summed E-state index contributed by atoms with van der Waals surface area (Å²) in [5.41, 5.74) is 2.67. The van der Waals surface area contributed by atoms with E-state index in [2.05, 4.69) is 26.7 Å². The zero-order chi connectivity index (χ0) is 18.2. The summed E-state index contributed by atoms with van der Waals surface area (Å²) in [5.74, 6) is -0.0988. The predicted molar refractivity (Wildman–Crippen MR) is 99.3 cm³/mol. The normalized spacial score (nSPS) is 13.8. The smallest absolute Gasteiger partial charge is 0.270 e. The first-order valence-electron chi connectivity index (χ1n) is 8.98. The van der Waals surface area contributed by atoms with E-state index in [4.69, 9.17) is 0 Å². The first-order valence-corrected chi connectivity index (χ1v) is 8.98. The molecule has 136 valence electrons. The Morgan fingerprint density at radius 2 is 2.00 bits per heavy atom. The molecule has 1 heterocycles. The molecule has 3 rings (SSSR count). The van der Waals surface area contributed by atoms with Gasteiger partial charge in [-0.05, 0) is 55.9 Å². The second kappa shape index (κ2) is 9.08. The van der Waals surface area contributed by atoms with Crippen LogP contribution in [-0.2, 0) is 6.54 Å². The number of halogens is 1. The Morgan fingerprint density at radius 1 is 1.15 bits per heavy atom. The second-order valence-corrected chi connectivity index (χ2v) is 6.36. The van der Waals surface area contributed by atoms with E-state index in [0.29, 0.717) is 24.7 Å². The maximum absolute atomic E-state index is 12.9. The average molecular weight is 354 g/mol. The maximum atomic E-state index is 12.9. The summed E-state index contributed by atoms with van der Waals surface area (Å²) < 4.78 is 12.9. The van der Waals surface area contributed by atoms with E-state index in [-0.39, 0.29) is 11.7 Å². The van der Waals surface area contributed by atoms with Gasteiger partial charge in [0.05, 0.1) is 0 Å². The molecule has 1 aliphatic carbocycles. The molecule has 1 aromatic heterocycles. The van der Waals surface area contributed by atoms with Crippen molar-refractivity contribution in [3.8, 4) is 0 Å². The van der Waals surface area contributed by atoms with Crippen LogP contribution in [0.5, 0.6) is 0 Å². The number of hydrogen-bond acceptors (Lipinski definition) is 4. The number of nitrogens with zero attached hydrogens (tertiary/aromatic N) is 2. The number of benzene rings is 1. The van der Waals surface area contributed by atoms with Gasteiger partial charge in [0.15, 0.2) is 0 Å². The van der Waals surface area contributed by atoms with Gasteiger partial charge in [0, 0.05) is 19.3 Å². The molecule has 0 radical (unpaired) electrons. The van der Waals surface area contributed by atoms with Crippen molar-refractivity contribution < 1.29 is 9.18 Å². The van der Waals surface area contributed by atoms with Crippen LogP contribution in [0.4, 0.5) is 10.3 Å². The summed E-state index contributed by atoms with van der Waals surface area (Å²) in [5, 5.41) is 5.96. The number of carbonyl (C=O) groups excluding carboxylic acids is 1. The number of hydrogen-bond donors (Lipinski definition) is 2. The highest BCUT2D eigenvalue weighted by atomic mass is 19.1. The van der Waals surface area contributed by atoms with Crippen LogP contribution < -0.4 is 10.6 Å². The van der Waals surface area contributed by atoms with Crippen molar-refractivity contribution in [2.45, 2.75) is 38.6 Å². The molecular formula is C20H23FN4O. The van der Waals surface area contributed by atoms with Gasteiger partial charge in [-0.25, -0.2) is 14.4 Å². The first-order chi connectivity index (χ1) is 12.7. The van der Waals surface area contributed by atoms with Gasteiger partial charge in [0.25, 0.3) is 5.91 Å². The molecule has 1 aromatic carbocycles. The Morgan fingerprint density at radius 3 is 2.77 bits per heavy atom.